The molecule has 3 aromatic rings. The summed E-state index contributed by atoms with van der Waals surface area (Å²) in [5.74, 6) is 1.36. The van der Waals surface area contributed by atoms with Gasteiger partial charge in [-0.05, 0) is 48.8 Å². The summed E-state index contributed by atoms with van der Waals surface area (Å²) in [6.45, 7) is 7.47. The molecule has 1 N–H and O–H groups in total. The molecular formula is C30H36FN5O3. The van der Waals surface area contributed by atoms with E-state index in [9.17, 15) is 9.90 Å². The highest BCUT2D eigenvalue weighted by atomic mass is 19.1. The van der Waals surface area contributed by atoms with Gasteiger partial charge in [0, 0.05) is 68.6 Å². The molecule has 2 aromatic heterocycles. The zero-order valence-electron chi connectivity index (χ0n) is 22.8. The Bertz CT molecular complexity index is 1340. The van der Waals surface area contributed by atoms with E-state index in [0.29, 0.717) is 53.5 Å². The molecule has 3 aliphatic rings. The smallest absolute Gasteiger partial charge is 0.230 e. The molecule has 206 valence electrons. The second kappa shape index (κ2) is 9.78. The van der Waals surface area contributed by atoms with Crippen molar-refractivity contribution >= 4 is 5.91 Å². The van der Waals surface area contributed by atoms with Crippen molar-refractivity contribution in [1.82, 2.24) is 24.9 Å². The number of benzene rings is 1. The maximum Gasteiger partial charge on any atom is 0.230 e. The molecule has 1 saturated carbocycles. The maximum atomic E-state index is 16.7. The number of alkyl halides is 1. The Kier molecular flexibility index (Phi) is 6.54. The molecule has 1 aliphatic carbocycles. The number of rotatable bonds is 7. The van der Waals surface area contributed by atoms with E-state index in [-0.39, 0.29) is 24.9 Å². The van der Waals surface area contributed by atoms with Crippen LogP contribution in [-0.2, 0) is 10.4 Å². The number of piperidine rings is 1. The van der Waals surface area contributed by atoms with Crippen LogP contribution in [0.2, 0.25) is 0 Å². The third kappa shape index (κ3) is 4.65. The minimum atomic E-state index is -1.89. The van der Waals surface area contributed by atoms with Crippen molar-refractivity contribution in [2.24, 2.45) is 0 Å². The van der Waals surface area contributed by atoms with Crippen LogP contribution in [0.1, 0.15) is 80.9 Å². The van der Waals surface area contributed by atoms with Gasteiger partial charge in [-0.2, -0.15) is 4.98 Å². The third-order valence-corrected chi connectivity index (χ3v) is 8.76. The summed E-state index contributed by atoms with van der Waals surface area (Å²) < 4.78 is 22.3. The average molecular weight is 534 g/mol. The van der Waals surface area contributed by atoms with Gasteiger partial charge < -0.3 is 14.5 Å². The number of carbonyl (C=O) groups is 1. The first-order valence-corrected chi connectivity index (χ1v) is 14.0. The highest BCUT2D eigenvalue weighted by Gasteiger charge is 2.62. The molecule has 1 aromatic carbocycles. The van der Waals surface area contributed by atoms with Crippen LogP contribution in [0.3, 0.4) is 0 Å². The van der Waals surface area contributed by atoms with Crippen LogP contribution >= 0.6 is 0 Å². The van der Waals surface area contributed by atoms with Gasteiger partial charge in [0.2, 0.25) is 17.6 Å². The summed E-state index contributed by atoms with van der Waals surface area (Å²) in [5, 5.41) is 16.5. The molecule has 2 aliphatic heterocycles. The summed E-state index contributed by atoms with van der Waals surface area (Å²) in [7, 11) is 0. The van der Waals surface area contributed by atoms with E-state index in [1.165, 1.54) is 0 Å². The molecule has 2 saturated heterocycles. The molecule has 0 bridgehead atoms. The Hall–Kier alpha value is -3.17. The molecule has 8 nitrogen and oxygen atoms in total. The molecule has 0 spiro atoms. The van der Waals surface area contributed by atoms with Gasteiger partial charge in [-0.25, -0.2) is 4.39 Å². The monoisotopic (exact) mass is 533 g/mol. The van der Waals surface area contributed by atoms with Crippen LogP contribution in [0.25, 0.3) is 11.4 Å². The lowest BCUT2D eigenvalue weighted by atomic mass is 9.70. The SMILES string of the molecule is CC(=O)N1CCC(c2nc(-c3cncc(C(O)(c4ccc(C(C)C)cc4)C4(F)CN(C5CC5)C4)c3)no2)CC1. The first-order valence-electron chi connectivity index (χ1n) is 14.0. The Balaban J connectivity index is 1.31. The van der Waals surface area contributed by atoms with Gasteiger partial charge >= 0.3 is 0 Å². The van der Waals surface area contributed by atoms with Crippen LogP contribution in [0.15, 0.2) is 47.2 Å². The van der Waals surface area contributed by atoms with Crippen molar-refractivity contribution in [3.8, 4) is 11.4 Å². The summed E-state index contributed by atoms with van der Waals surface area (Å²) >= 11 is 0. The molecule has 1 amide bonds. The van der Waals surface area contributed by atoms with Gasteiger partial charge in [-0.1, -0.05) is 43.3 Å². The number of likely N-dealkylation sites (tertiary alicyclic amines) is 2. The van der Waals surface area contributed by atoms with Crippen LogP contribution < -0.4 is 0 Å². The number of aromatic nitrogens is 3. The average Bonchev–Trinajstić information content (AvgIpc) is 3.65. The Morgan fingerprint density at radius 3 is 2.41 bits per heavy atom. The number of pyridine rings is 1. The second-order valence-electron chi connectivity index (χ2n) is 11.8. The number of aliphatic hydroxyl groups is 1. The molecular weight excluding hydrogens is 497 g/mol. The summed E-state index contributed by atoms with van der Waals surface area (Å²) in [4.78, 5) is 24.6. The predicted molar refractivity (Wildman–Crippen MR) is 144 cm³/mol. The minimum Gasteiger partial charge on any atom is -0.377 e. The van der Waals surface area contributed by atoms with E-state index in [2.05, 4.69) is 33.9 Å². The Morgan fingerprint density at radius 2 is 1.79 bits per heavy atom. The number of amides is 1. The standard InChI is InChI=1S/C30H36FN5O3/c1-19(2)21-4-6-24(7-5-21)30(38,29(31)17-36(18-29)26-8-9-26)25-14-23(15-32-16-25)27-33-28(39-34-27)22-10-12-35(13-11-22)20(3)37/h4-7,14-16,19,22,26,38H,8-13,17-18H2,1-3H3. The van der Waals surface area contributed by atoms with Crippen LogP contribution in [0.4, 0.5) is 4.39 Å². The topological polar surface area (TPSA) is 95.6 Å². The summed E-state index contributed by atoms with van der Waals surface area (Å²) in [5.41, 5.74) is -1.18. The number of carbonyl (C=O) groups excluding carboxylic acids is 1. The number of hydrogen-bond acceptors (Lipinski definition) is 7. The Morgan fingerprint density at radius 1 is 1.10 bits per heavy atom. The highest BCUT2D eigenvalue weighted by molar-refractivity contribution is 5.73. The fraction of sp³-hybridized carbons (Fsp3) is 0.533. The number of hydrogen-bond donors (Lipinski definition) is 1. The van der Waals surface area contributed by atoms with Crippen molar-refractivity contribution < 1.29 is 18.8 Å². The fourth-order valence-electron chi connectivity index (χ4n) is 6.04. The van der Waals surface area contributed by atoms with Gasteiger partial charge in [0.1, 0.15) is 0 Å². The van der Waals surface area contributed by atoms with Crippen LogP contribution in [-0.4, -0.2) is 73.8 Å². The van der Waals surface area contributed by atoms with E-state index in [0.717, 1.165) is 31.2 Å². The van der Waals surface area contributed by atoms with Crippen molar-refractivity contribution in [3.63, 3.8) is 0 Å². The van der Waals surface area contributed by atoms with E-state index in [4.69, 9.17) is 4.52 Å². The van der Waals surface area contributed by atoms with Gasteiger partial charge in [0.15, 0.2) is 11.3 Å². The second-order valence-corrected chi connectivity index (χ2v) is 11.8. The quantitative estimate of drug-likeness (QED) is 0.481. The first kappa shape index (κ1) is 26.1. The van der Waals surface area contributed by atoms with E-state index < -0.39 is 11.3 Å². The minimum absolute atomic E-state index is 0.0752. The lowest BCUT2D eigenvalue weighted by Gasteiger charge is -2.53. The van der Waals surface area contributed by atoms with Gasteiger partial charge in [-0.3, -0.25) is 14.7 Å². The van der Waals surface area contributed by atoms with Crippen LogP contribution in [0, 0.1) is 0 Å². The molecule has 6 rings (SSSR count). The van der Waals surface area contributed by atoms with Gasteiger partial charge in [0.05, 0.1) is 0 Å². The van der Waals surface area contributed by atoms with E-state index >= 15 is 4.39 Å². The maximum absolute atomic E-state index is 16.7. The van der Waals surface area contributed by atoms with Crippen molar-refractivity contribution in [1.29, 1.82) is 0 Å². The number of nitrogens with zero attached hydrogens (tertiary/aromatic N) is 5. The molecule has 1 unspecified atom stereocenters. The van der Waals surface area contributed by atoms with Crippen molar-refractivity contribution in [2.45, 2.75) is 75.6 Å². The lowest BCUT2D eigenvalue weighted by Crippen LogP contribution is -2.69. The summed E-state index contributed by atoms with van der Waals surface area (Å²) in [6, 6.07) is 9.76. The van der Waals surface area contributed by atoms with Crippen molar-refractivity contribution in [3.05, 3.63) is 65.3 Å². The largest absolute Gasteiger partial charge is 0.377 e. The zero-order valence-corrected chi connectivity index (χ0v) is 22.8. The third-order valence-electron chi connectivity index (χ3n) is 8.76. The molecule has 0 radical (unpaired) electrons. The molecule has 3 fully saturated rings. The first-order chi connectivity index (χ1) is 18.7. The predicted octanol–water partition coefficient (Wildman–Crippen LogP) is 4.40. The van der Waals surface area contributed by atoms with Crippen molar-refractivity contribution in [2.75, 3.05) is 26.2 Å². The van der Waals surface area contributed by atoms with Gasteiger partial charge in [-0.15, -0.1) is 0 Å². The molecule has 9 heteroatoms. The Labute approximate surface area is 228 Å². The lowest BCUT2D eigenvalue weighted by molar-refractivity contribution is -0.163. The molecule has 39 heavy (non-hydrogen) atoms. The highest BCUT2D eigenvalue weighted by Crippen LogP contribution is 2.50. The van der Waals surface area contributed by atoms with E-state index in [1.54, 1.807) is 25.4 Å². The fourth-order valence-corrected chi connectivity index (χ4v) is 6.04. The van der Waals surface area contributed by atoms with Gasteiger partial charge in [0.25, 0.3) is 0 Å². The van der Waals surface area contributed by atoms with Crippen LogP contribution in [0.5, 0.6) is 0 Å². The normalized spacial score (nSPS) is 21.5. The molecule has 1 atom stereocenters. The zero-order chi connectivity index (χ0) is 27.4. The summed E-state index contributed by atoms with van der Waals surface area (Å²) in [6.07, 6.45) is 6.84. The molecule has 4 heterocycles. The van der Waals surface area contributed by atoms with E-state index in [1.807, 2.05) is 29.2 Å². The number of halogens is 1.